The van der Waals surface area contributed by atoms with Gasteiger partial charge in [0, 0.05) is 38.2 Å². The number of halogens is 4. The minimum absolute atomic E-state index is 0.202. The molecule has 10 heteroatoms. The number of carbonyl (C=O) groups is 1. The van der Waals surface area contributed by atoms with Crippen LogP contribution in [0.3, 0.4) is 0 Å². The van der Waals surface area contributed by atoms with Crippen LogP contribution in [-0.2, 0) is 4.79 Å². The van der Waals surface area contributed by atoms with Gasteiger partial charge in [-0.3, -0.25) is 4.79 Å². The van der Waals surface area contributed by atoms with Crippen LogP contribution >= 0.6 is 46.1 Å². The van der Waals surface area contributed by atoms with Gasteiger partial charge in [0.2, 0.25) is 5.91 Å². The fraction of sp³-hybridized carbons (Fsp3) is 0.389. The first-order valence-corrected chi connectivity index (χ1v) is 10.9. The molecule has 1 aliphatic rings. The predicted molar refractivity (Wildman–Crippen MR) is 114 cm³/mol. The van der Waals surface area contributed by atoms with Gasteiger partial charge in [-0.1, -0.05) is 35.1 Å². The van der Waals surface area contributed by atoms with Crippen LogP contribution in [-0.4, -0.2) is 46.5 Å². The lowest BCUT2D eigenvalue weighted by Gasteiger charge is -2.20. The minimum Gasteiger partial charge on any atom is -0.346 e. The zero-order valence-electron chi connectivity index (χ0n) is 15.0. The number of hydrogen-bond donors (Lipinski definition) is 0. The van der Waals surface area contributed by atoms with E-state index >= 15 is 0 Å². The van der Waals surface area contributed by atoms with E-state index in [4.69, 9.17) is 34.8 Å². The van der Waals surface area contributed by atoms with Crippen LogP contribution < -0.4 is 4.90 Å². The largest absolute Gasteiger partial charge is 0.346 e. The van der Waals surface area contributed by atoms with Crippen LogP contribution in [0.15, 0.2) is 29.4 Å². The standard InChI is InChI=1S/C18H18Cl3FN4OS/c1-11(27)26-15(10-14(24-26)12-2-4-13(22)5-3-12)16-17(21)23-18(28-16)25(8-6-19)9-7-20/h2-5,15H,6-10H2,1H3. The van der Waals surface area contributed by atoms with Gasteiger partial charge in [0.25, 0.3) is 0 Å². The van der Waals surface area contributed by atoms with Crippen molar-refractivity contribution in [2.24, 2.45) is 5.10 Å². The second-order valence-electron chi connectivity index (χ2n) is 6.15. The molecule has 0 bridgehead atoms. The van der Waals surface area contributed by atoms with E-state index in [9.17, 15) is 9.18 Å². The maximum atomic E-state index is 13.2. The van der Waals surface area contributed by atoms with Gasteiger partial charge in [0.1, 0.15) is 11.0 Å². The van der Waals surface area contributed by atoms with Gasteiger partial charge in [-0.2, -0.15) is 5.10 Å². The number of alkyl halides is 2. The Morgan fingerprint density at radius 3 is 2.50 bits per heavy atom. The third-order valence-corrected chi connectivity index (χ3v) is 6.25. The van der Waals surface area contributed by atoms with Crippen molar-refractivity contribution >= 4 is 62.9 Å². The van der Waals surface area contributed by atoms with Gasteiger partial charge < -0.3 is 4.90 Å². The molecule has 3 rings (SSSR count). The summed E-state index contributed by atoms with van der Waals surface area (Å²) in [7, 11) is 0. The third kappa shape index (κ3) is 4.59. The summed E-state index contributed by atoms with van der Waals surface area (Å²) in [5, 5.41) is 6.91. The second kappa shape index (κ2) is 9.39. The Labute approximate surface area is 181 Å². The van der Waals surface area contributed by atoms with E-state index in [2.05, 4.69) is 10.1 Å². The van der Waals surface area contributed by atoms with Crippen LogP contribution in [0.5, 0.6) is 0 Å². The maximum Gasteiger partial charge on any atom is 0.240 e. The maximum absolute atomic E-state index is 13.2. The fourth-order valence-electron chi connectivity index (χ4n) is 2.97. The second-order valence-corrected chi connectivity index (χ2v) is 8.28. The van der Waals surface area contributed by atoms with E-state index in [0.29, 0.717) is 47.3 Å². The van der Waals surface area contributed by atoms with Crippen LogP contribution in [0.1, 0.15) is 29.8 Å². The summed E-state index contributed by atoms with van der Waals surface area (Å²) < 4.78 is 13.2. The third-order valence-electron chi connectivity index (χ3n) is 4.29. The van der Waals surface area contributed by atoms with Crippen LogP contribution in [0.4, 0.5) is 9.52 Å². The Balaban J connectivity index is 1.90. The number of hydrogen-bond acceptors (Lipinski definition) is 5. The van der Waals surface area contributed by atoms with E-state index < -0.39 is 0 Å². The average molecular weight is 464 g/mol. The SMILES string of the molecule is CC(=O)N1N=C(c2ccc(F)cc2)CC1c1sc(N(CCCl)CCCl)nc1Cl. The van der Waals surface area contributed by atoms with E-state index in [1.54, 1.807) is 12.1 Å². The molecule has 150 valence electrons. The van der Waals surface area contributed by atoms with Crippen molar-refractivity contribution in [3.05, 3.63) is 45.7 Å². The molecular formula is C18H18Cl3FN4OS. The lowest BCUT2D eigenvalue weighted by atomic mass is 10.0. The van der Waals surface area contributed by atoms with Crippen LogP contribution in [0, 0.1) is 5.82 Å². The Bertz CT molecular complexity index is 868. The first-order valence-electron chi connectivity index (χ1n) is 8.61. The summed E-state index contributed by atoms with van der Waals surface area (Å²) in [6.07, 6.45) is 0.470. The number of thiazole rings is 1. The number of carbonyl (C=O) groups excluding carboxylic acids is 1. The van der Waals surface area contributed by atoms with Crippen molar-refractivity contribution in [1.29, 1.82) is 0 Å². The molecule has 1 aliphatic heterocycles. The van der Waals surface area contributed by atoms with Crippen molar-refractivity contribution in [2.45, 2.75) is 19.4 Å². The van der Waals surface area contributed by atoms with Crippen molar-refractivity contribution in [1.82, 2.24) is 9.99 Å². The zero-order chi connectivity index (χ0) is 20.3. The summed E-state index contributed by atoms with van der Waals surface area (Å²) in [6, 6.07) is 5.69. The number of aromatic nitrogens is 1. The van der Waals surface area contributed by atoms with Crippen molar-refractivity contribution in [3.8, 4) is 0 Å². The summed E-state index contributed by atoms with van der Waals surface area (Å²) in [5.41, 5.74) is 1.46. The normalized spacial score (nSPS) is 16.4. The van der Waals surface area contributed by atoms with Gasteiger partial charge in [-0.15, -0.1) is 23.2 Å². The first-order chi connectivity index (χ1) is 13.4. The monoisotopic (exact) mass is 462 g/mol. The van der Waals surface area contributed by atoms with E-state index in [1.807, 2.05) is 4.90 Å². The number of anilines is 1. The van der Waals surface area contributed by atoms with Crippen molar-refractivity contribution < 1.29 is 9.18 Å². The van der Waals surface area contributed by atoms with Gasteiger partial charge in [-0.25, -0.2) is 14.4 Å². The van der Waals surface area contributed by atoms with E-state index in [1.165, 1.54) is 35.4 Å². The molecule has 1 atom stereocenters. The predicted octanol–water partition coefficient (Wildman–Crippen LogP) is 4.92. The molecule has 28 heavy (non-hydrogen) atoms. The molecular weight excluding hydrogens is 446 g/mol. The molecule has 1 aromatic heterocycles. The van der Waals surface area contributed by atoms with Gasteiger partial charge in [0.15, 0.2) is 5.13 Å². The zero-order valence-corrected chi connectivity index (χ0v) is 18.1. The molecule has 2 aromatic rings. The number of rotatable bonds is 7. The lowest BCUT2D eigenvalue weighted by Crippen LogP contribution is -2.27. The number of amides is 1. The highest BCUT2D eigenvalue weighted by Gasteiger charge is 2.35. The molecule has 0 N–H and O–H groups in total. The smallest absolute Gasteiger partial charge is 0.240 e. The number of benzene rings is 1. The molecule has 0 radical (unpaired) electrons. The highest BCUT2D eigenvalue weighted by Crippen LogP contribution is 2.41. The first kappa shape index (κ1) is 21.3. The van der Waals surface area contributed by atoms with Gasteiger partial charge in [-0.05, 0) is 17.7 Å². The Kier molecular flexibility index (Phi) is 7.15. The topological polar surface area (TPSA) is 48.8 Å². The molecule has 1 unspecified atom stereocenters. The molecule has 0 aliphatic carbocycles. The van der Waals surface area contributed by atoms with Crippen molar-refractivity contribution in [3.63, 3.8) is 0 Å². The van der Waals surface area contributed by atoms with E-state index in [0.717, 1.165) is 10.4 Å². The fourth-order valence-corrected chi connectivity index (χ4v) is 4.85. The van der Waals surface area contributed by atoms with Crippen LogP contribution in [0.25, 0.3) is 0 Å². The summed E-state index contributed by atoms with van der Waals surface area (Å²) >= 11 is 19.6. The Morgan fingerprint density at radius 2 is 1.93 bits per heavy atom. The Morgan fingerprint density at radius 1 is 1.29 bits per heavy atom. The minimum atomic E-state index is -0.356. The number of nitrogens with zero attached hydrogens (tertiary/aromatic N) is 4. The lowest BCUT2D eigenvalue weighted by molar-refractivity contribution is -0.130. The van der Waals surface area contributed by atoms with Crippen LogP contribution in [0.2, 0.25) is 5.15 Å². The summed E-state index contributed by atoms with van der Waals surface area (Å²) in [6.45, 7) is 2.64. The Hall–Kier alpha value is -1.41. The summed E-state index contributed by atoms with van der Waals surface area (Å²) in [4.78, 5) is 19.3. The van der Waals surface area contributed by atoms with E-state index in [-0.39, 0.29) is 17.8 Å². The van der Waals surface area contributed by atoms with Crippen molar-refractivity contribution in [2.75, 3.05) is 29.7 Å². The average Bonchev–Trinajstić information content (AvgIpc) is 3.26. The highest BCUT2D eigenvalue weighted by atomic mass is 35.5. The summed E-state index contributed by atoms with van der Waals surface area (Å²) in [5.74, 6) is 0.344. The molecule has 2 heterocycles. The van der Waals surface area contributed by atoms with Gasteiger partial charge in [0.05, 0.1) is 16.6 Å². The molecule has 0 saturated carbocycles. The quantitative estimate of drug-likeness (QED) is 0.548. The molecule has 1 amide bonds. The molecule has 0 saturated heterocycles. The molecule has 0 fully saturated rings. The number of hydrazone groups is 1. The molecule has 5 nitrogen and oxygen atoms in total. The highest BCUT2D eigenvalue weighted by molar-refractivity contribution is 7.16. The molecule has 1 aromatic carbocycles. The van der Waals surface area contributed by atoms with Gasteiger partial charge >= 0.3 is 0 Å². The molecule has 0 spiro atoms.